The third kappa shape index (κ3) is 5.60. The van der Waals surface area contributed by atoms with Crippen molar-refractivity contribution < 1.29 is 23.8 Å². The summed E-state index contributed by atoms with van der Waals surface area (Å²) in [5.74, 6) is 0.433. The van der Waals surface area contributed by atoms with Gasteiger partial charge in [-0.2, -0.15) is 0 Å². The predicted octanol–water partition coefficient (Wildman–Crippen LogP) is 1.14. The zero-order valence-electron chi connectivity index (χ0n) is 11.7. The van der Waals surface area contributed by atoms with E-state index in [4.69, 9.17) is 9.47 Å². The van der Waals surface area contributed by atoms with Gasteiger partial charge in [-0.25, -0.2) is 0 Å². The minimum atomic E-state index is -0.368. The van der Waals surface area contributed by atoms with Crippen molar-refractivity contribution in [3.63, 3.8) is 0 Å². The Balaban J connectivity index is 2.35. The van der Waals surface area contributed by atoms with E-state index in [0.29, 0.717) is 18.1 Å². The Hall–Kier alpha value is -2.24. The van der Waals surface area contributed by atoms with E-state index in [0.717, 1.165) is 0 Å². The van der Waals surface area contributed by atoms with Crippen LogP contribution in [-0.2, 0) is 14.3 Å². The van der Waals surface area contributed by atoms with Crippen LogP contribution in [-0.4, -0.2) is 38.7 Å². The molecule has 0 saturated heterocycles. The lowest BCUT2D eigenvalue weighted by molar-refractivity contribution is -0.140. The number of amides is 1. The van der Waals surface area contributed by atoms with Crippen LogP contribution < -0.4 is 14.8 Å². The summed E-state index contributed by atoms with van der Waals surface area (Å²) in [6.07, 6.45) is 0.137. The molecule has 0 fully saturated rings. The number of benzene rings is 1. The fourth-order valence-corrected chi connectivity index (χ4v) is 1.44. The third-order valence-corrected chi connectivity index (χ3v) is 2.39. The third-order valence-electron chi connectivity index (χ3n) is 2.39. The molecule has 0 spiro atoms. The minimum Gasteiger partial charge on any atom is -0.490 e. The largest absolute Gasteiger partial charge is 0.490 e. The zero-order chi connectivity index (χ0) is 14.8. The van der Waals surface area contributed by atoms with Crippen molar-refractivity contribution in [1.29, 1.82) is 0 Å². The van der Waals surface area contributed by atoms with Crippen LogP contribution in [0.15, 0.2) is 24.3 Å². The van der Waals surface area contributed by atoms with Crippen molar-refractivity contribution in [2.45, 2.75) is 13.3 Å². The van der Waals surface area contributed by atoms with Gasteiger partial charge >= 0.3 is 5.97 Å². The first kappa shape index (κ1) is 15.8. The number of esters is 1. The van der Waals surface area contributed by atoms with Crippen LogP contribution >= 0.6 is 0 Å². The maximum absolute atomic E-state index is 11.5. The second-order valence-corrected chi connectivity index (χ2v) is 3.84. The minimum absolute atomic E-state index is 0.134. The van der Waals surface area contributed by atoms with E-state index in [1.807, 2.05) is 13.0 Å². The molecule has 0 unspecified atom stereocenters. The molecule has 6 nitrogen and oxygen atoms in total. The van der Waals surface area contributed by atoms with Crippen molar-refractivity contribution in [3.05, 3.63) is 24.3 Å². The zero-order valence-corrected chi connectivity index (χ0v) is 11.7. The normalized spacial score (nSPS) is 9.70. The highest BCUT2D eigenvalue weighted by Crippen LogP contribution is 2.26. The number of ether oxygens (including phenoxy) is 3. The van der Waals surface area contributed by atoms with Crippen LogP contribution in [0.2, 0.25) is 0 Å². The lowest BCUT2D eigenvalue weighted by Crippen LogP contribution is -2.30. The Bertz CT molecular complexity index is 447. The molecule has 1 aromatic carbocycles. The molecule has 6 heteroatoms. The molecule has 0 aromatic heterocycles. The van der Waals surface area contributed by atoms with Gasteiger partial charge in [-0.3, -0.25) is 9.59 Å². The van der Waals surface area contributed by atoms with Crippen molar-refractivity contribution in [2.75, 3.05) is 26.9 Å². The standard InChI is InChI=1S/C14H19NO5/c1-3-19-11-6-4-5-7-12(11)20-10-13(16)15-9-8-14(17)18-2/h4-7H,3,8-10H2,1-2H3,(H,15,16). The molecule has 0 saturated carbocycles. The number of methoxy groups -OCH3 is 1. The Labute approximate surface area is 118 Å². The number of nitrogens with one attached hydrogen (secondary N) is 1. The first-order valence-corrected chi connectivity index (χ1v) is 6.35. The fourth-order valence-electron chi connectivity index (χ4n) is 1.44. The quantitative estimate of drug-likeness (QED) is 0.723. The monoisotopic (exact) mass is 281 g/mol. The molecular formula is C14H19NO5. The first-order valence-electron chi connectivity index (χ1n) is 6.35. The van der Waals surface area contributed by atoms with Gasteiger partial charge in [-0.15, -0.1) is 0 Å². The number of para-hydroxylation sites is 2. The Morgan fingerprint density at radius 3 is 2.40 bits per heavy atom. The lowest BCUT2D eigenvalue weighted by Gasteiger charge is -2.11. The Kier molecular flexibility index (Phi) is 6.95. The molecule has 0 aliphatic rings. The number of carbonyl (C=O) groups is 2. The maximum atomic E-state index is 11.5. The van der Waals surface area contributed by atoms with E-state index in [2.05, 4.69) is 10.1 Å². The van der Waals surface area contributed by atoms with E-state index in [1.54, 1.807) is 18.2 Å². The van der Waals surface area contributed by atoms with Gasteiger partial charge in [0.25, 0.3) is 5.91 Å². The van der Waals surface area contributed by atoms with Crippen LogP contribution in [0.3, 0.4) is 0 Å². The average Bonchev–Trinajstić information content (AvgIpc) is 2.46. The molecule has 1 aromatic rings. The average molecular weight is 281 g/mol. The summed E-state index contributed by atoms with van der Waals surface area (Å²) in [6.45, 7) is 2.48. The molecule has 0 bridgehead atoms. The van der Waals surface area contributed by atoms with Gasteiger partial charge in [0, 0.05) is 6.54 Å². The molecule has 0 atom stereocenters. The topological polar surface area (TPSA) is 73.9 Å². The van der Waals surface area contributed by atoms with E-state index in [1.165, 1.54) is 7.11 Å². The van der Waals surface area contributed by atoms with Crippen LogP contribution in [0.1, 0.15) is 13.3 Å². The van der Waals surface area contributed by atoms with Gasteiger partial charge in [0.15, 0.2) is 18.1 Å². The van der Waals surface area contributed by atoms with Gasteiger partial charge in [0.2, 0.25) is 0 Å². The van der Waals surface area contributed by atoms with Crippen molar-refractivity contribution in [3.8, 4) is 11.5 Å². The highest BCUT2D eigenvalue weighted by atomic mass is 16.5. The molecule has 0 heterocycles. The van der Waals surface area contributed by atoms with Crippen LogP contribution in [0.5, 0.6) is 11.5 Å². The fraction of sp³-hybridized carbons (Fsp3) is 0.429. The van der Waals surface area contributed by atoms with Gasteiger partial charge in [0.05, 0.1) is 20.1 Å². The highest BCUT2D eigenvalue weighted by Gasteiger charge is 2.07. The van der Waals surface area contributed by atoms with E-state index in [9.17, 15) is 9.59 Å². The van der Waals surface area contributed by atoms with Crippen molar-refractivity contribution >= 4 is 11.9 Å². The number of carbonyl (C=O) groups excluding carboxylic acids is 2. The lowest BCUT2D eigenvalue weighted by atomic mass is 10.3. The number of hydrogen-bond acceptors (Lipinski definition) is 5. The van der Waals surface area contributed by atoms with Crippen LogP contribution in [0.4, 0.5) is 0 Å². The van der Waals surface area contributed by atoms with Crippen molar-refractivity contribution in [1.82, 2.24) is 5.32 Å². The summed E-state index contributed by atoms with van der Waals surface area (Å²) < 4.78 is 15.2. The highest BCUT2D eigenvalue weighted by molar-refractivity contribution is 5.78. The second-order valence-electron chi connectivity index (χ2n) is 3.84. The number of rotatable bonds is 8. The van der Waals surface area contributed by atoms with Gasteiger partial charge < -0.3 is 19.5 Å². The van der Waals surface area contributed by atoms with Gasteiger partial charge in [-0.1, -0.05) is 12.1 Å². The SMILES string of the molecule is CCOc1ccccc1OCC(=O)NCCC(=O)OC. The van der Waals surface area contributed by atoms with E-state index in [-0.39, 0.29) is 31.4 Å². The maximum Gasteiger partial charge on any atom is 0.307 e. The van der Waals surface area contributed by atoms with Gasteiger partial charge in [0.1, 0.15) is 0 Å². The Morgan fingerprint density at radius 2 is 1.80 bits per heavy atom. The molecule has 0 radical (unpaired) electrons. The summed E-state index contributed by atoms with van der Waals surface area (Å²) in [6, 6.07) is 7.13. The molecular weight excluding hydrogens is 262 g/mol. The van der Waals surface area contributed by atoms with Gasteiger partial charge in [-0.05, 0) is 19.1 Å². The van der Waals surface area contributed by atoms with E-state index >= 15 is 0 Å². The molecule has 1 amide bonds. The summed E-state index contributed by atoms with van der Waals surface area (Å²) >= 11 is 0. The van der Waals surface area contributed by atoms with Crippen LogP contribution in [0.25, 0.3) is 0 Å². The van der Waals surface area contributed by atoms with Crippen molar-refractivity contribution in [2.24, 2.45) is 0 Å². The van der Waals surface area contributed by atoms with E-state index < -0.39 is 0 Å². The summed E-state index contributed by atoms with van der Waals surface area (Å²) in [4.78, 5) is 22.4. The smallest absolute Gasteiger partial charge is 0.307 e. The summed E-state index contributed by atoms with van der Waals surface area (Å²) in [5.41, 5.74) is 0. The molecule has 1 N–H and O–H groups in total. The molecule has 20 heavy (non-hydrogen) atoms. The number of hydrogen-bond donors (Lipinski definition) is 1. The Morgan fingerprint density at radius 1 is 1.15 bits per heavy atom. The predicted molar refractivity (Wildman–Crippen MR) is 72.7 cm³/mol. The first-order chi connectivity index (χ1) is 9.67. The molecule has 110 valence electrons. The summed E-state index contributed by atoms with van der Waals surface area (Å²) in [5, 5.41) is 2.56. The molecule has 0 aliphatic carbocycles. The molecule has 1 rings (SSSR count). The molecule has 0 aliphatic heterocycles. The summed E-state index contributed by atoms with van der Waals surface area (Å²) in [7, 11) is 1.30. The second kappa shape index (κ2) is 8.79. The van der Waals surface area contributed by atoms with Crippen LogP contribution in [0, 0.1) is 0 Å².